The minimum Gasteiger partial charge on any atom is -0.351 e. The van der Waals surface area contributed by atoms with E-state index in [0.717, 1.165) is 25.9 Å². The highest BCUT2D eigenvalue weighted by molar-refractivity contribution is 7.92. The SMILES string of the molecule is CCS(=O)(=O)CC(=O)NC1CCCNC1. The molecule has 0 radical (unpaired) electrons. The van der Waals surface area contributed by atoms with Crippen molar-refractivity contribution in [2.75, 3.05) is 24.6 Å². The van der Waals surface area contributed by atoms with E-state index in [1.165, 1.54) is 0 Å². The number of carbonyl (C=O) groups excluding carboxylic acids is 1. The fraction of sp³-hybridized carbons (Fsp3) is 0.889. The van der Waals surface area contributed by atoms with Crippen LogP contribution in [-0.2, 0) is 14.6 Å². The molecule has 88 valence electrons. The number of amides is 1. The fourth-order valence-electron chi connectivity index (χ4n) is 1.55. The van der Waals surface area contributed by atoms with Crippen molar-refractivity contribution in [2.24, 2.45) is 0 Å². The number of hydrogen-bond acceptors (Lipinski definition) is 4. The second-order valence-electron chi connectivity index (χ2n) is 3.79. The van der Waals surface area contributed by atoms with Crippen LogP contribution in [0.1, 0.15) is 19.8 Å². The third-order valence-electron chi connectivity index (χ3n) is 2.45. The van der Waals surface area contributed by atoms with Crippen LogP contribution >= 0.6 is 0 Å². The van der Waals surface area contributed by atoms with Gasteiger partial charge >= 0.3 is 0 Å². The highest BCUT2D eigenvalue weighted by Gasteiger charge is 2.19. The Bertz CT molecular complexity index is 307. The topological polar surface area (TPSA) is 75.3 Å². The monoisotopic (exact) mass is 234 g/mol. The minimum absolute atomic E-state index is 0.0172. The average Bonchev–Trinajstić information content (AvgIpc) is 2.18. The third-order valence-corrected chi connectivity index (χ3v) is 4.03. The fourth-order valence-corrected chi connectivity index (χ4v) is 2.23. The Labute approximate surface area is 90.5 Å². The largest absolute Gasteiger partial charge is 0.351 e. The summed E-state index contributed by atoms with van der Waals surface area (Å²) in [5.41, 5.74) is 0. The first-order valence-electron chi connectivity index (χ1n) is 5.24. The molecule has 0 aromatic carbocycles. The first kappa shape index (κ1) is 12.4. The highest BCUT2D eigenvalue weighted by Crippen LogP contribution is 2.01. The van der Waals surface area contributed by atoms with Crippen molar-refractivity contribution >= 4 is 15.7 Å². The molecule has 5 nitrogen and oxygen atoms in total. The standard InChI is InChI=1S/C9H18N2O3S/c1-2-15(13,14)7-9(12)11-8-4-3-5-10-6-8/h8,10H,2-7H2,1H3,(H,11,12). The molecule has 1 atom stereocenters. The van der Waals surface area contributed by atoms with Crippen molar-refractivity contribution in [1.29, 1.82) is 0 Å². The maximum Gasteiger partial charge on any atom is 0.235 e. The van der Waals surface area contributed by atoms with Crippen LogP contribution in [0.3, 0.4) is 0 Å². The molecule has 0 aromatic heterocycles. The molecule has 0 aromatic rings. The van der Waals surface area contributed by atoms with Crippen molar-refractivity contribution in [1.82, 2.24) is 10.6 Å². The molecule has 1 heterocycles. The van der Waals surface area contributed by atoms with Crippen LogP contribution in [-0.4, -0.2) is 45.0 Å². The minimum atomic E-state index is -3.20. The van der Waals surface area contributed by atoms with Gasteiger partial charge in [-0.2, -0.15) is 0 Å². The molecule has 1 saturated heterocycles. The predicted octanol–water partition coefficient (Wildman–Crippen LogP) is -0.711. The predicted molar refractivity (Wildman–Crippen MR) is 58.4 cm³/mol. The van der Waals surface area contributed by atoms with Crippen LogP contribution in [0, 0.1) is 0 Å². The summed E-state index contributed by atoms with van der Waals surface area (Å²) in [4.78, 5) is 11.4. The summed E-state index contributed by atoms with van der Waals surface area (Å²) >= 11 is 0. The number of sulfone groups is 1. The first-order chi connectivity index (χ1) is 7.03. The lowest BCUT2D eigenvalue weighted by atomic mass is 10.1. The van der Waals surface area contributed by atoms with Gasteiger partial charge in [-0.3, -0.25) is 4.79 Å². The quantitative estimate of drug-likeness (QED) is 0.674. The summed E-state index contributed by atoms with van der Waals surface area (Å²) in [5, 5.41) is 5.88. The lowest BCUT2D eigenvalue weighted by molar-refractivity contribution is -0.119. The molecule has 0 bridgehead atoms. The van der Waals surface area contributed by atoms with E-state index in [2.05, 4.69) is 10.6 Å². The molecule has 15 heavy (non-hydrogen) atoms. The maximum absolute atomic E-state index is 11.4. The zero-order valence-corrected chi connectivity index (χ0v) is 9.77. The Balaban J connectivity index is 2.35. The van der Waals surface area contributed by atoms with E-state index in [9.17, 15) is 13.2 Å². The van der Waals surface area contributed by atoms with Crippen LogP contribution in [0.4, 0.5) is 0 Å². The van der Waals surface area contributed by atoms with E-state index in [4.69, 9.17) is 0 Å². The molecule has 1 unspecified atom stereocenters. The van der Waals surface area contributed by atoms with Gasteiger partial charge in [0.15, 0.2) is 9.84 Å². The number of nitrogens with one attached hydrogen (secondary N) is 2. The lowest BCUT2D eigenvalue weighted by Crippen LogP contribution is -2.47. The Morgan fingerprint density at radius 3 is 2.80 bits per heavy atom. The van der Waals surface area contributed by atoms with E-state index in [-0.39, 0.29) is 23.5 Å². The van der Waals surface area contributed by atoms with Crippen LogP contribution < -0.4 is 10.6 Å². The van der Waals surface area contributed by atoms with Gasteiger partial charge in [0.05, 0.1) is 0 Å². The van der Waals surface area contributed by atoms with E-state index >= 15 is 0 Å². The van der Waals surface area contributed by atoms with Crippen LogP contribution in [0.25, 0.3) is 0 Å². The molecule has 0 saturated carbocycles. The molecule has 1 rings (SSSR count). The highest BCUT2D eigenvalue weighted by atomic mass is 32.2. The Hall–Kier alpha value is -0.620. The molecule has 1 amide bonds. The normalized spacial score (nSPS) is 22.3. The molecule has 1 aliphatic rings. The summed E-state index contributed by atoms with van der Waals surface area (Å²) in [6.45, 7) is 3.25. The maximum atomic E-state index is 11.4. The Morgan fingerprint density at radius 2 is 2.27 bits per heavy atom. The summed E-state index contributed by atoms with van der Waals surface area (Å²) in [6, 6.07) is 0.0818. The van der Waals surface area contributed by atoms with E-state index < -0.39 is 9.84 Å². The molecule has 2 N–H and O–H groups in total. The van der Waals surface area contributed by atoms with Gasteiger partial charge in [-0.1, -0.05) is 6.92 Å². The summed E-state index contributed by atoms with van der Waals surface area (Å²) in [7, 11) is -3.20. The Kier molecular flexibility index (Phi) is 4.53. The number of rotatable bonds is 4. The number of carbonyl (C=O) groups is 1. The van der Waals surface area contributed by atoms with Gasteiger partial charge in [-0.15, -0.1) is 0 Å². The van der Waals surface area contributed by atoms with Gasteiger partial charge in [0.2, 0.25) is 5.91 Å². The molecule has 1 fully saturated rings. The van der Waals surface area contributed by atoms with E-state index in [0.29, 0.717) is 0 Å². The molecular formula is C9H18N2O3S. The molecule has 1 aliphatic heterocycles. The zero-order valence-electron chi connectivity index (χ0n) is 8.95. The van der Waals surface area contributed by atoms with Crippen molar-refractivity contribution in [3.05, 3.63) is 0 Å². The average molecular weight is 234 g/mol. The van der Waals surface area contributed by atoms with Crippen molar-refractivity contribution < 1.29 is 13.2 Å². The zero-order chi connectivity index (χ0) is 11.3. The first-order valence-corrected chi connectivity index (χ1v) is 7.06. The van der Waals surface area contributed by atoms with Gasteiger partial charge < -0.3 is 10.6 Å². The lowest BCUT2D eigenvalue weighted by Gasteiger charge is -2.23. The van der Waals surface area contributed by atoms with Crippen LogP contribution in [0.2, 0.25) is 0 Å². The Morgan fingerprint density at radius 1 is 1.53 bits per heavy atom. The summed E-state index contributed by atoms with van der Waals surface area (Å²) in [6.07, 6.45) is 1.94. The van der Waals surface area contributed by atoms with E-state index in [1.54, 1.807) is 6.92 Å². The van der Waals surface area contributed by atoms with E-state index in [1.807, 2.05) is 0 Å². The van der Waals surface area contributed by atoms with Crippen molar-refractivity contribution in [3.8, 4) is 0 Å². The van der Waals surface area contributed by atoms with Crippen LogP contribution in [0.15, 0.2) is 0 Å². The van der Waals surface area contributed by atoms with Gasteiger partial charge in [0, 0.05) is 18.3 Å². The summed E-state index contributed by atoms with van der Waals surface area (Å²) in [5.74, 6) is -0.755. The smallest absolute Gasteiger partial charge is 0.235 e. The van der Waals surface area contributed by atoms with Gasteiger partial charge in [0.25, 0.3) is 0 Å². The number of piperidine rings is 1. The molecule has 0 aliphatic carbocycles. The molecule has 0 spiro atoms. The van der Waals surface area contributed by atoms with Gasteiger partial charge in [-0.25, -0.2) is 8.42 Å². The number of hydrogen-bond donors (Lipinski definition) is 2. The van der Waals surface area contributed by atoms with Crippen molar-refractivity contribution in [2.45, 2.75) is 25.8 Å². The molecule has 6 heteroatoms. The summed E-state index contributed by atoms with van der Waals surface area (Å²) < 4.78 is 22.3. The molecular weight excluding hydrogens is 216 g/mol. The van der Waals surface area contributed by atoms with Crippen molar-refractivity contribution in [3.63, 3.8) is 0 Å². The van der Waals surface area contributed by atoms with Gasteiger partial charge in [0.1, 0.15) is 5.75 Å². The second-order valence-corrected chi connectivity index (χ2v) is 6.14. The van der Waals surface area contributed by atoms with Crippen LogP contribution in [0.5, 0.6) is 0 Å². The second kappa shape index (κ2) is 5.46. The van der Waals surface area contributed by atoms with Gasteiger partial charge in [-0.05, 0) is 19.4 Å². The third kappa shape index (κ3) is 4.61.